The van der Waals surface area contributed by atoms with Crippen molar-refractivity contribution in [1.29, 1.82) is 0 Å². The highest BCUT2D eigenvalue weighted by Gasteiger charge is 2.31. The Kier molecular flexibility index (Phi) is 7.71. The quantitative estimate of drug-likeness (QED) is 0.511. The van der Waals surface area contributed by atoms with Crippen LogP contribution in [-0.2, 0) is 15.7 Å². The van der Waals surface area contributed by atoms with Gasteiger partial charge in [-0.3, -0.25) is 15.1 Å². The number of piperazine rings is 1. The normalized spacial score (nSPS) is 15.0. The highest BCUT2D eigenvalue weighted by molar-refractivity contribution is 5.92. The monoisotopic (exact) mass is 453 g/mol. The highest BCUT2D eigenvalue weighted by atomic mass is 19.4. The Hall–Kier alpha value is -3.54. The number of carbonyl (C=O) groups is 2. The molecule has 0 unspecified atom stereocenters. The molecule has 3 heterocycles. The zero-order valence-electron chi connectivity index (χ0n) is 17.0. The topological polar surface area (TPSA) is 99.9 Å². The third kappa shape index (κ3) is 7.01. The summed E-state index contributed by atoms with van der Waals surface area (Å²) in [5.41, 5.74) is 3.54. The lowest BCUT2D eigenvalue weighted by Crippen LogP contribution is -2.48. The molecule has 172 valence electrons. The molecule has 1 aliphatic heterocycles. The average molecular weight is 453 g/mol. The maximum atomic E-state index is 12.6. The van der Waals surface area contributed by atoms with Crippen molar-refractivity contribution in [2.24, 2.45) is 0 Å². The minimum Gasteiger partial charge on any atom is -0.465 e. The molecule has 0 saturated carbocycles. The number of alkyl halides is 3. The van der Waals surface area contributed by atoms with E-state index in [1.165, 1.54) is 24.5 Å². The first kappa shape index (κ1) is 23.1. The second kappa shape index (κ2) is 10.7. The lowest BCUT2D eigenvalue weighted by Gasteiger charge is -2.35. The summed E-state index contributed by atoms with van der Waals surface area (Å²) in [5.74, 6) is 0.438. The zero-order valence-corrected chi connectivity index (χ0v) is 17.0. The van der Waals surface area contributed by atoms with Crippen LogP contribution >= 0.6 is 0 Å². The molecule has 9 nitrogen and oxygen atoms in total. The number of amides is 2. The van der Waals surface area contributed by atoms with Crippen LogP contribution in [-0.4, -0.2) is 61.2 Å². The Morgan fingerprint density at radius 3 is 2.56 bits per heavy atom. The SMILES string of the molecule is O=C(C=Cc1ccco1)NNC(=O)OCCN1CCN(c2ccc(C(F)(F)F)cn2)CC1. The van der Waals surface area contributed by atoms with Crippen LogP contribution < -0.4 is 15.8 Å². The van der Waals surface area contributed by atoms with Gasteiger partial charge in [-0.05, 0) is 30.3 Å². The largest absolute Gasteiger partial charge is 0.465 e. The molecular weight excluding hydrogens is 431 g/mol. The molecular formula is C20H22F3N5O4. The number of pyridine rings is 1. The minimum absolute atomic E-state index is 0.114. The standard InChI is InChI=1S/C20H22F3N5O4/c21-20(22,23)15-3-5-17(24-14-15)28-9-7-27(8-10-28)11-13-32-19(30)26-25-18(29)6-4-16-2-1-12-31-16/h1-6,12,14H,7-11,13H2,(H,25,29)(H,26,30). The summed E-state index contributed by atoms with van der Waals surface area (Å²) in [6.45, 7) is 3.05. The van der Waals surface area contributed by atoms with Gasteiger partial charge in [0.05, 0.1) is 11.8 Å². The number of nitrogens with zero attached hydrogens (tertiary/aromatic N) is 3. The molecule has 0 aliphatic carbocycles. The van der Waals surface area contributed by atoms with Crippen molar-refractivity contribution in [3.63, 3.8) is 0 Å². The fourth-order valence-corrected chi connectivity index (χ4v) is 2.94. The molecule has 0 aromatic carbocycles. The first-order chi connectivity index (χ1) is 15.3. The van der Waals surface area contributed by atoms with Gasteiger partial charge in [-0.2, -0.15) is 13.2 Å². The van der Waals surface area contributed by atoms with Crippen LogP contribution in [0.2, 0.25) is 0 Å². The number of nitrogens with one attached hydrogen (secondary N) is 2. The van der Waals surface area contributed by atoms with E-state index in [1.54, 1.807) is 12.1 Å². The van der Waals surface area contributed by atoms with Gasteiger partial charge in [0.25, 0.3) is 5.91 Å². The molecule has 3 rings (SSSR count). The zero-order chi connectivity index (χ0) is 23.0. The molecule has 2 N–H and O–H groups in total. The minimum atomic E-state index is -4.41. The van der Waals surface area contributed by atoms with Crippen molar-refractivity contribution in [2.75, 3.05) is 44.2 Å². The summed E-state index contributed by atoms with van der Waals surface area (Å²) in [6.07, 6.45) is -0.252. The fraction of sp³-hybridized carbons (Fsp3) is 0.350. The van der Waals surface area contributed by atoms with Crippen LogP contribution in [0.4, 0.5) is 23.8 Å². The molecule has 1 aliphatic rings. The average Bonchev–Trinajstić information content (AvgIpc) is 3.30. The molecule has 2 amide bonds. The molecule has 0 bridgehead atoms. The summed E-state index contributed by atoms with van der Waals surface area (Å²) in [6, 6.07) is 5.74. The van der Waals surface area contributed by atoms with Crippen molar-refractivity contribution >= 4 is 23.9 Å². The third-order valence-electron chi connectivity index (χ3n) is 4.64. The van der Waals surface area contributed by atoms with E-state index in [0.29, 0.717) is 44.3 Å². The van der Waals surface area contributed by atoms with Gasteiger partial charge >= 0.3 is 12.3 Å². The number of carbonyl (C=O) groups excluding carboxylic acids is 2. The van der Waals surface area contributed by atoms with Gasteiger partial charge in [0.1, 0.15) is 18.2 Å². The molecule has 2 aromatic heterocycles. The number of rotatable bonds is 6. The lowest BCUT2D eigenvalue weighted by atomic mass is 10.2. The van der Waals surface area contributed by atoms with Crippen LogP contribution in [0.1, 0.15) is 11.3 Å². The number of ether oxygens (including phenoxy) is 1. The number of hydrazine groups is 1. The van der Waals surface area contributed by atoms with Gasteiger partial charge in [0.2, 0.25) is 0 Å². The van der Waals surface area contributed by atoms with E-state index in [4.69, 9.17) is 9.15 Å². The molecule has 2 aromatic rings. The Balaban J connectivity index is 1.30. The summed E-state index contributed by atoms with van der Waals surface area (Å²) in [7, 11) is 0. The van der Waals surface area contributed by atoms with Crippen LogP contribution in [0.25, 0.3) is 6.08 Å². The number of furan rings is 1. The summed E-state index contributed by atoms with van der Waals surface area (Å²) >= 11 is 0. The lowest BCUT2D eigenvalue weighted by molar-refractivity contribution is -0.137. The van der Waals surface area contributed by atoms with Crippen molar-refractivity contribution in [3.05, 3.63) is 54.1 Å². The van der Waals surface area contributed by atoms with Gasteiger partial charge in [-0.15, -0.1) is 0 Å². The Morgan fingerprint density at radius 1 is 1.16 bits per heavy atom. The number of hydrogen-bond acceptors (Lipinski definition) is 7. The second-order valence-electron chi connectivity index (χ2n) is 6.83. The third-order valence-corrected chi connectivity index (χ3v) is 4.64. The first-order valence-corrected chi connectivity index (χ1v) is 9.76. The summed E-state index contributed by atoms with van der Waals surface area (Å²) < 4.78 is 48.0. The summed E-state index contributed by atoms with van der Waals surface area (Å²) in [4.78, 5) is 31.1. The molecule has 1 fully saturated rings. The summed E-state index contributed by atoms with van der Waals surface area (Å²) in [5, 5.41) is 0. The molecule has 32 heavy (non-hydrogen) atoms. The van der Waals surface area contributed by atoms with E-state index in [1.807, 2.05) is 4.90 Å². The number of halogens is 3. The highest BCUT2D eigenvalue weighted by Crippen LogP contribution is 2.29. The number of aromatic nitrogens is 1. The second-order valence-corrected chi connectivity index (χ2v) is 6.83. The predicted octanol–water partition coefficient (Wildman–Crippen LogP) is 2.29. The van der Waals surface area contributed by atoms with Crippen molar-refractivity contribution < 1.29 is 31.9 Å². The molecule has 12 heteroatoms. The van der Waals surface area contributed by atoms with E-state index in [2.05, 4.69) is 20.7 Å². The van der Waals surface area contributed by atoms with E-state index in [0.717, 1.165) is 12.3 Å². The maximum absolute atomic E-state index is 12.6. The van der Waals surface area contributed by atoms with E-state index >= 15 is 0 Å². The van der Waals surface area contributed by atoms with Crippen LogP contribution in [0.5, 0.6) is 0 Å². The Bertz CT molecular complexity index is 908. The number of hydrogen-bond donors (Lipinski definition) is 2. The van der Waals surface area contributed by atoms with Crippen LogP contribution in [0.15, 0.2) is 47.2 Å². The maximum Gasteiger partial charge on any atom is 0.426 e. The molecule has 0 atom stereocenters. The molecule has 1 saturated heterocycles. The van der Waals surface area contributed by atoms with Crippen molar-refractivity contribution in [1.82, 2.24) is 20.7 Å². The van der Waals surface area contributed by atoms with Gasteiger partial charge in [-0.25, -0.2) is 15.2 Å². The van der Waals surface area contributed by atoms with Gasteiger partial charge in [0.15, 0.2) is 0 Å². The molecule has 0 spiro atoms. The molecule has 0 radical (unpaired) electrons. The first-order valence-electron chi connectivity index (χ1n) is 9.76. The van der Waals surface area contributed by atoms with Gasteiger partial charge < -0.3 is 14.1 Å². The Labute approximate surface area is 181 Å². The van der Waals surface area contributed by atoms with Crippen LogP contribution in [0.3, 0.4) is 0 Å². The Morgan fingerprint density at radius 2 is 1.94 bits per heavy atom. The predicted molar refractivity (Wildman–Crippen MR) is 108 cm³/mol. The van der Waals surface area contributed by atoms with Gasteiger partial charge in [0, 0.05) is 45.0 Å². The van der Waals surface area contributed by atoms with E-state index in [-0.39, 0.29) is 6.61 Å². The van der Waals surface area contributed by atoms with E-state index < -0.39 is 23.7 Å². The fourth-order valence-electron chi connectivity index (χ4n) is 2.94. The van der Waals surface area contributed by atoms with E-state index in [9.17, 15) is 22.8 Å². The van der Waals surface area contributed by atoms with Gasteiger partial charge in [-0.1, -0.05) is 0 Å². The number of anilines is 1. The van der Waals surface area contributed by atoms with Crippen LogP contribution in [0, 0.1) is 0 Å². The van der Waals surface area contributed by atoms with Crippen molar-refractivity contribution in [2.45, 2.75) is 6.18 Å². The smallest absolute Gasteiger partial charge is 0.426 e. The van der Waals surface area contributed by atoms with Crippen molar-refractivity contribution in [3.8, 4) is 0 Å².